The molecule has 0 saturated heterocycles. The van der Waals surface area contributed by atoms with Gasteiger partial charge in [0.1, 0.15) is 0 Å². The van der Waals surface area contributed by atoms with Crippen LogP contribution in [-0.4, -0.2) is 17.2 Å². The summed E-state index contributed by atoms with van der Waals surface area (Å²) in [6, 6.07) is 0. The Morgan fingerprint density at radius 2 is 2.15 bits per heavy atom. The Morgan fingerprint density at radius 1 is 1.54 bits per heavy atom. The second kappa shape index (κ2) is 3.74. The third-order valence-electron chi connectivity index (χ3n) is 1.64. The molecule has 74 valence electrons. The highest BCUT2D eigenvalue weighted by Gasteiger charge is 2.23. The number of nitrogens with zero attached hydrogens (tertiary/aromatic N) is 1. The first-order chi connectivity index (χ1) is 5.95. The van der Waals surface area contributed by atoms with Gasteiger partial charge in [0, 0.05) is 7.11 Å². The van der Waals surface area contributed by atoms with Crippen LogP contribution in [0.4, 0.5) is 0 Å². The summed E-state index contributed by atoms with van der Waals surface area (Å²) in [5.41, 5.74) is 0.0253. The third kappa shape index (κ3) is 2.49. The second-order valence-electron chi connectivity index (χ2n) is 3.50. The molecular weight excluding hydrogens is 186 g/mol. The molecule has 1 rings (SSSR count). The Labute approximate surface area is 82.4 Å². The van der Waals surface area contributed by atoms with Gasteiger partial charge in [-0.15, -0.1) is 11.3 Å². The van der Waals surface area contributed by atoms with Crippen molar-refractivity contribution < 1.29 is 9.84 Å². The van der Waals surface area contributed by atoms with Crippen LogP contribution in [0.25, 0.3) is 0 Å². The van der Waals surface area contributed by atoms with Gasteiger partial charge in [0.15, 0.2) is 0 Å². The molecule has 0 fully saturated rings. The van der Waals surface area contributed by atoms with E-state index in [1.54, 1.807) is 21.0 Å². The van der Waals surface area contributed by atoms with Gasteiger partial charge in [0.25, 0.3) is 0 Å². The Kier molecular flexibility index (Phi) is 3.05. The molecule has 0 aliphatic rings. The molecule has 0 atom stereocenters. The molecule has 0 aromatic carbocycles. The summed E-state index contributed by atoms with van der Waals surface area (Å²) in [7, 11) is 1.63. The number of aryl methyl sites for hydroxylation is 1. The number of rotatable bonds is 3. The van der Waals surface area contributed by atoms with Crippen molar-refractivity contribution in [3.63, 3.8) is 0 Å². The van der Waals surface area contributed by atoms with E-state index in [9.17, 15) is 5.11 Å². The van der Waals surface area contributed by atoms with Crippen LogP contribution in [0.3, 0.4) is 0 Å². The Hall–Kier alpha value is -0.450. The molecule has 0 aliphatic heterocycles. The van der Waals surface area contributed by atoms with Crippen molar-refractivity contribution in [1.82, 2.24) is 4.98 Å². The predicted molar refractivity (Wildman–Crippen MR) is 52.8 cm³/mol. The molecule has 1 heterocycles. The van der Waals surface area contributed by atoms with Gasteiger partial charge < -0.3 is 9.84 Å². The standard InChI is InChI=1S/C9H15NO2S/c1-6-10-7(5-12-4)8(13-6)9(2,3)11/h11H,5H2,1-4H3. The van der Waals surface area contributed by atoms with Crippen LogP contribution in [0.15, 0.2) is 0 Å². The largest absolute Gasteiger partial charge is 0.385 e. The fourth-order valence-electron chi connectivity index (χ4n) is 1.18. The highest BCUT2D eigenvalue weighted by molar-refractivity contribution is 7.11. The fourth-order valence-corrected chi connectivity index (χ4v) is 2.11. The van der Waals surface area contributed by atoms with Crippen molar-refractivity contribution in [2.45, 2.75) is 33.0 Å². The van der Waals surface area contributed by atoms with Gasteiger partial charge in [-0.25, -0.2) is 4.98 Å². The first-order valence-corrected chi connectivity index (χ1v) is 4.95. The van der Waals surface area contributed by atoms with Crippen molar-refractivity contribution >= 4 is 11.3 Å². The minimum absolute atomic E-state index is 0.462. The molecule has 1 aromatic heterocycles. The van der Waals surface area contributed by atoms with Crippen LogP contribution >= 0.6 is 11.3 Å². The number of ether oxygens (including phenoxy) is 1. The Bertz CT molecular complexity index is 288. The minimum atomic E-state index is -0.820. The minimum Gasteiger partial charge on any atom is -0.385 e. The van der Waals surface area contributed by atoms with Gasteiger partial charge in [-0.1, -0.05) is 0 Å². The second-order valence-corrected chi connectivity index (χ2v) is 4.70. The van der Waals surface area contributed by atoms with Gasteiger partial charge in [0.05, 0.1) is 27.8 Å². The third-order valence-corrected chi connectivity index (χ3v) is 2.97. The van der Waals surface area contributed by atoms with Gasteiger partial charge >= 0.3 is 0 Å². The zero-order valence-electron chi connectivity index (χ0n) is 8.42. The van der Waals surface area contributed by atoms with E-state index in [0.717, 1.165) is 15.6 Å². The van der Waals surface area contributed by atoms with Crippen molar-refractivity contribution in [3.05, 3.63) is 15.6 Å². The van der Waals surface area contributed by atoms with E-state index in [-0.39, 0.29) is 0 Å². The van der Waals surface area contributed by atoms with Gasteiger partial charge in [-0.05, 0) is 20.8 Å². The molecule has 13 heavy (non-hydrogen) atoms. The SMILES string of the molecule is COCc1nc(C)sc1C(C)(C)O. The molecule has 0 saturated carbocycles. The van der Waals surface area contributed by atoms with E-state index in [1.165, 1.54) is 11.3 Å². The molecule has 4 heteroatoms. The molecule has 0 bridgehead atoms. The van der Waals surface area contributed by atoms with Crippen molar-refractivity contribution in [3.8, 4) is 0 Å². The van der Waals surface area contributed by atoms with Crippen LogP contribution in [0, 0.1) is 6.92 Å². The molecule has 0 unspecified atom stereocenters. The first-order valence-electron chi connectivity index (χ1n) is 4.13. The number of methoxy groups -OCH3 is 1. The zero-order valence-corrected chi connectivity index (χ0v) is 9.23. The van der Waals surface area contributed by atoms with Crippen molar-refractivity contribution in [2.75, 3.05) is 7.11 Å². The van der Waals surface area contributed by atoms with Crippen molar-refractivity contribution in [2.24, 2.45) is 0 Å². The lowest BCUT2D eigenvalue weighted by molar-refractivity contribution is 0.0782. The maximum absolute atomic E-state index is 9.82. The average Bonchev–Trinajstić information content (AvgIpc) is 2.30. The Balaban J connectivity index is 3.04. The van der Waals surface area contributed by atoms with Crippen LogP contribution in [0.5, 0.6) is 0 Å². The molecule has 0 amide bonds. The predicted octanol–water partition coefficient (Wildman–Crippen LogP) is 1.83. The molecule has 0 aliphatic carbocycles. The quantitative estimate of drug-likeness (QED) is 0.811. The number of aliphatic hydroxyl groups is 1. The number of aromatic nitrogens is 1. The van der Waals surface area contributed by atoms with E-state index in [1.807, 2.05) is 6.92 Å². The van der Waals surface area contributed by atoms with Crippen LogP contribution < -0.4 is 0 Å². The summed E-state index contributed by atoms with van der Waals surface area (Å²) >= 11 is 1.52. The van der Waals surface area contributed by atoms with Crippen molar-refractivity contribution in [1.29, 1.82) is 0 Å². The summed E-state index contributed by atoms with van der Waals surface area (Å²) in [6.45, 7) is 5.92. The number of hydrogen-bond donors (Lipinski definition) is 1. The summed E-state index contributed by atoms with van der Waals surface area (Å²) in [5, 5.41) is 10.8. The topological polar surface area (TPSA) is 42.4 Å². The first kappa shape index (κ1) is 10.6. The zero-order chi connectivity index (χ0) is 10.1. The highest BCUT2D eigenvalue weighted by Crippen LogP contribution is 2.29. The average molecular weight is 201 g/mol. The number of thiazole rings is 1. The van der Waals surface area contributed by atoms with Crippen LogP contribution in [0.2, 0.25) is 0 Å². The van der Waals surface area contributed by atoms with E-state index in [2.05, 4.69) is 4.98 Å². The van der Waals surface area contributed by atoms with Crippen LogP contribution in [-0.2, 0) is 16.9 Å². The Morgan fingerprint density at radius 3 is 2.62 bits per heavy atom. The summed E-state index contributed by atoms with van der Waals surface area (Å²) < 4.78 is 5.01. The molecule has 3 nitrogen and oxygen atoms in total. The van der Waals surface area contributed by atoms with E-state index in [4.69, 9.17) is 4.74 Å². The maximum Gasteiger partial charge on any atom is 0.0951 e. The van der Waals surface area contributed by atoms with Gasteiger partial charge in [0.2, 0.25) is 0 Å². The summed E-state index contributed by atoms with van der Waals surface area (Å²) in [4.78, 5) is 5.20. The lowest BCUT2D eigenvalue weighted by Crippen LogP contribution is -2.16. The van der Waals surface area contributed by atoms with Gasteiger partial charge in [-0.3, -0.25) is 0 Å². The maximum atomic E-state index is 9.82. The monoisotopic (exact) mass is 201 g/mol. The molecule has 1 N–H and O–H groups in total. The normalized spacial score (nSPS) is 12.1. The lowest BCUT2D eigenvalue weighted by Gasteiger charge is -2.16. The van der Waals surface area contributed by atoms with E-state index >= 15 is 0 Å². The fraction of sp³-hybridized carbons (Fsp3) is 0.667. The highest BCUT2D eigenvalue weighted by atomic mass is 32.1. The van der Waals surface area contributed by atoms with Gasteiger partial charge in [-0.2, -0.15) is 0 Å². The number of hydrogen-bond acceptors (Lipinski definition) is 4. The molecule has 0 radical (unpaired) electrons. The summed E-state index contributed by atoms with van der Waals surface area (Å²) in [5.74, 6) is 0. The summed E-state index contributed by atoms with van der Waals surface area (Å²) in [6.07, 6.45) is 0. The lowest BCUT2D eigenvalue weighted by atomic mass is 10.1. The smallest absolute Gasteiger partial charge is 0.0951 e. The molecular formula is C9H15NO2S. The van der Waals surface area contributed by atoms with Crippen LogP contribution in [0.1, 0.15) is 29.4 Å². The molecule has 1 aromatic rings. The van der Waals surface area contributed by atoms with E-state index < -0.39 is 5.60 Å². The van der Waals surface area contributed by atoms with E-state index in [0.29, 0.717) is 6.61 Å². The molecule has 0 spiro atoms.